The molecule has 0 spiro atoms. The zero-order valence-electron chi connectivity index (χ0n) is 63.5. The standard InChI is InChI=1S/C29H26N2O4.C21H18N2O4.C17H22N2.C10H2O6.C9H14N2/c1-14-7-19(8-15(2)18(14)5)11-20-9-16(3)25(17(4)10-20)31-28(34)23-12-21-22(13-24(23)29(31)35)27(33)30(6)26(21)32;1-9-6-10(2)17(12(4)11(9)3)23-20(26)15-7-13-14(8-16(15)21(23)27)19(25)22(5)18(13)24;1-10-5-14(6-11(2)16(10)18)9-15-7-12(3)17(19)13(4)8-15;11-7-3-1-4-6(10(14)16-8(4)12)2-5(3)9(13)15-7;1-5-4-6(2)9(11)7(3)8(5)10/h7-10,12-13H,11H2,1-6H3;6-8H,1-5H3;5-8H,9,18-19H2,1-4H3;1-2H;4H,10-11H2,1-3H3. The first-order valence-corrected chi connectivity index (χ1v) is 34.7. The van der Waals surface area contributed by atoms with Gasteiger partial charge in [0.1, 0.15) is 0 Å². The van der Waals surface area contributed by atoms with E-state index in [4.69, 9.17) is 22.9 Å². The van der Waals surface area contributed by atoms with E-state index in [9.17, 15) is 57.5 Å². The van der Waals surface area contributed by atoms with E-state index in [0.717, 1.165) is 139 Å². The topological polar surface area (TPSA) is 355 Å². The maximum atomic E-state index is 13.4. The summed E-state index contributed by atoms with van der Waals surface area (Å²) in [5.41, 5.74) is 43.0. The van der Waals surface area contributed by atoms with Crippen LogP contribution in [0.5, 0.6) is 0 Å². The van der Waals surface area contributed by atoms with E-state index in [-0.39, 0.29) is 64.6 Å². The van der Waals surface area contributed by atoms with Crippen molar-refractivity contribution in [1.82, 2.24) is 18.3 Å². The summed E-state index contributed by atoms with van der Waals surface area (Å²) in [7, 11) is 2.77. The number of fused-ring (bicyclic) bond motifs is 6. The average molecular weight is 1450 g/mol. The Morgan fingerprint density at radius 2 is 0.454 bits per heavy atom. The zero-order valence-corrected chi connectivity index (χ0v) is 63.5. The second kappa shape index (κ2) is 28.5. The Hall–Kier alpha value is -13.0. The monoisotopic (exact) mass is 1450 g/mol. The van der Waals surface area contributed by atoms with Crippen molar-refractivity contribution < 1.29 is 8.83 Å². The molecule has 0 saturated heterocycles. The summed E-state index contributed by atoms with van der Waals surface area (Å²) in [5, 5.41) is 1.20. The zero-order chi connectivity index (χ0) is 79.3. The summed E-state index contributed by atoms with van der Waals surface area (Å²) in [6.45, 7) is 32.0. The first kappa shape index (κ1) is 76.2. The van der Waals surface area contributed by atoms with Gasteiger partial charge in [0.05, 0.1) is 76.0 Å². The molecule has 8 N–H and O–H groups in total. The number of hydrogen-bond acceptors (Lipinski definition) is 18. The molecule has 22 heteroatoms. The average Bonchev–Trinajstić information content (AvgIpc) is 1.58. The third kappa shape index (κ3) is 13.3. The number of aryl methyl sites for hydroxylation is 12. The Bertz CT molecular complexity index is 6590. The van der Waals surface area contributed by atoms with Crippen LogP contribution < -0.4 is 89.9 Å². The highest BCUT2D eigenvalue weighted by Crippen LogP contribution is 2.30. The third-order valence-corrected chi connectivity index (χ3v) is 21.1. The number of nitrogen functional groups attached to an aromatic ring is 4. The predicted molar refractivity (Wildman–Crippen MR) is 433 cm³/mol. The van der Waals surface area contributed by atoms with Crippen LogP contribution in [0.3, 0.4) is 0 Å². The molecule has 0 fully saturated rings. The maximum Gasteiger partial charge on any atom is 0.346 e. The van der Waals surface area contributed by atoms with Crippen molar-refractivity contribution >= 4 is 87.4 Å². The Labute approximate surface area is 616 Å². The van der Waals surface area contributed by atoms with E-state index in [1.807, 2.05) is 86.6 Å². The molecule has 550 valence electrons. The van der Waals surface area contributed by atoms with Crippen molar-refractivity contribution in [1.29, 1.82) is 0 Å². The molecule has 0 aliphatic rings. The first-order chi connectivity index (χ1) is 50.6. The lowest BCUT2D eigenvalue weighted by Gasteiger charge is -2.14. The van der Waals surface area contributed by atoms with Gasteiger partial charge in [-0.1, -0.05) is 60.7 Å². The number of benzene rings is 9. The number of nitrogens with two attached hydrogens (primary N) is 4. The first-order valence-electron chi connectivity index (χ1n) is 34.7. The second-order valence-electron chi connectivity index (χ2n) is 28.6. The summed E-state index contributed by atoms with van der Waals surface area (Å²) in [5.74, 6) is 0. The molecule has 0 radical (unpaired) electrons. The van der Waals surface area contributed by atoms with Gasteiger partial charge in [0, 0.05) is 36.8 Å². The lowest BCUT2D eigenvalue weighted by Crippen LogP contribution is -2.25. The maximum absolute atomic E-state index is 13.4. The molecule has 0 unspecified atom stereocenters. The lowest BCUT2D eigenvalue weighted by atomic mass is 9.94. The Morgan fingerprint density at radius 1 is 0.231 bits per heavy atom. The van der Waals surface area contributed by atoms with Crippen molar-refractivity contribution in [2.45, 2.75) is 124 Å². The van der Waals surface area contributed by atoms with Crippen LogP contribution in [0.15, 0.2) is 163 Å². The van der Waals surface area contributed by atoms with E-state index in [0.29, 0.717) is 11.4 Å². The molecule has 0 atom stereocenters. The van der Waals surface area contributed by atoms with Gasteiger partial charge in [0.25, 0.3) is 44.5 Å². The van der Waals surface area contributed by atoms with Crippen LogP contribution in [0.4, 0.5) is 22.7 Å². The molecule has 6 aromatic heterocycles. The van der Waals surface area contributed by atoms with Gasteiger partial charge in [-0.15, -0.1) is 0 Å². The normalized spacial score (nSPS) is 11.4. The number of hydrogen-bond donors (Lipinski definition) is 4. The quantitative estimate of drug-likeness (QED) is 0.112. The third-order valence-electron chi connectivity index (χ3n) is 21.1. The van der Waals surface area contributed by atoms with Crippen LogP contribution in [-0.2, 0) is 26.9 Å². The van der Waals surface area contributed by atoms with Gasteiger partial charge in [-0.05, 0) is 271 Å². The van der Waals surface area contributed by atoms with Gasteiger partial charge in [-0.3, -0.25) is 47.5 Å². The van der Waals surface area contributed by atoms with Crippen LogP contribution >= 0.6 is 0 Å². The van der Waals surface area contributed by atoms with Crippen molar-refractivity contribution in [3.05, 3.63) is 333 Å². The van der Waals surface area contributed by atoms with Gasteiger partial charge >= 0.3 is 22.5 Å². The molecular weight excluding hydrogens is 1370 g/mol. The van der Waals surface area contributed by atoms with Crippen LogP contribution in [0, 0.1) is 111 Å². The fraction of sp³-hybridized carbons (Fsp3) is 0.233. The largest absolute Gasteiger partial charge is 0.398 e. The minimum absolute atomic E-state index is 0.0181. The smallest absolute Gasteiger partial charge is 0.346 e. The van der Waals surface area contributed by atoms with Gasteiger partial charge in [0.2, 0.25) is 0 Å². The number of rotatable bonds is 6. The van der Waals surface area contributed by atoms with Crippen molar-refractivity contribution in [2.75, 3.05) is 22.9 Å². The van der Waals surface area contributed by atoms with E-state index in [1.165, 1.54) is 76.3 Å². The summed E-state index contributed by atoms with van der Waals surface area (Å²) in [4.78, 5) is 147. The molecule has 108 heavy (non-hydrogen) atoms. The lowest BCUT2D eigenvalue weighted by molar-refractivity contribution is 0.498. The van der Waals surface area contributed by atoms with Gasteiger partial charge in [0.15, 0.2) is 0 Å². The number of aromatic nitrogens is 4. The fourth-order valence-corrected chi connectivity index (χ4v) is 14.6. The Balaban J connectivity index is 0.000000141. The molecule has 0 aliphatic heterocycles. The van der Waals surface area contributed by atoms with Crippen LogP contribution in [-0.4, -0.2) is 18.3 Å². The number of nitrogens with zero attached hydrogens (tertiary/aromatic N) is 4. The van der Waals surface area contributed by atoms with E-state index in [2.05, 4.69) is 93.7 Å². The molecule has 15 rings (SSSR count). The summed E-state index contributed by atoms with van der Waals surface area (Å²) in [6, 6.07) is 28.9. The van der Waals surface area contributed by atoms with E-state index >= 15 is 0 Å². The highest BCUT2D eigenvalue weighted by Gasteiger charge is 2.25. The van der Waals surface area contributed by atoms with Crippen molar-refractivity contribution in [3.8, 4) is 11.4 Å². The summed E-state index contributed by atoms with van der Waals surface area (Å²) >= 11 is 0. The summed E-state index contributed by atoms with van der Waals surface area (Å²) in [6.07, 6.45) is 1.67. The molecule has 0 saturated carbocycles. The predicted octanol–water partition coefficient (Wildman–Crippen LogP) is 10.2. The van der Waals surface area contributed by atoms with E-state index in [1.54, 1.807) is 0 Å². The molecule has 15 aromatic rings. The molecule has 6 heterocycles. The minimum Gasteiger partial charge on any atom is -0.398 e. The Morgan fingerprint density at radius 3 is 0.759 bits per heavy atom. The molecule has 0 amide bonds. The number of furan rings is 2. The summed E-state index contributed by atoms with van der Waals surface area (Å²) < 4.78 is 13.0. The molecule has 0 aliphatic carbocycles. The highest BCUT2D eigenvalue weighted by molar-refractivity contribution is 6.00. The van der Waals surface area contributed by atoms with Crippen molar-refractivity contribution in [3.63, 3.8) is 0 Å². The van der Waals surface area contributed by atoms with Gasteiger partial charge < -0.3 is 31.8 Å². The van der Waals surface area contributed by atoms with Crippen molar-refractivity contribution in [2.24, 2.45) is 14.1 Å². The Kier molecular flexibility index (Phi) is 20.1. The highest BCUT2D eigenvalue weighted by atomic mass is 16.4. The van der Waals surface area contributed by atoms with Crippen LogP contribution in [0.2, 0.25) is 0 Å². The second-order valence-corrected chi connectivity index (χ2v) is 28.6. The molecular formula is C86H82N8O14. The fourth-order valence-electron chi connectivity index (χ4n) is 14.6. The van der Waals surface area contributed by atoms with Gasteiger partial charge in [-0.2, -0.15) is 0 Å². The SMILES string of the molecule is Cc1cc(C)c(-n2c(=O)c3cc4c(=O)n(C)c(=O)c4cc3c2=O)c(C)c1C.Cc1cc(C)c(N)c(C)c1N.Cc1cc(Cc2cc(C)c(-n3c(=O)c4cc5c(=O)n(C)c(=O)c5cc4c3=O)c(C)c2)cc(C)c1C.Cc1cc(Cc2cc(C)c(N)c(C)c2)cc(C)c1N.O=c1oc(=O)c2cc3c(=O)oc(=O)c3cc12. The number of anilines is 4. The molecule has 9 aromatic carbocycles. The molecule has 0 bridgehead atoms. The van der Waals surface area contributed by atoms with E-state index < -0.39 is 67.0 Å². The van der Waals surface area contributed by atoms with Crippen LogP contribution in [0.1, 0.15) is 111 Å². The molecule has 22 nitrogen and oxygen atoms in total. The van der Waals surface area contributed by atoms with Gasteiger partial charge in [-0.25, -0.2) is 28.3 Å². The van der Waals surface area contributed by atoms with Crippen LogP contribution in [0.25, 0.3) is 76.0 Å². The minimum atomic E-state index is -0.824.